The zero-order valence-corrected chi connectivity index (χ0v) is 14.5. The number of aromatic nitrogens is 3. The monoisotopic (exact) mass is 326 g/mol. The van der Waals surface area contributed by atoms with E-state index in [0.29, 0.717) is 11.9 Å². The minimum atomic E-state index is -0.119. The highest BCUT2D eigenvalue weighted by molar-refractivity contribution is 5.56. The highest BCUT2D eigenvalue weighted by Crippen LogP contribution is 2.25. The zero-order chi connectivity index (χ0) is 16.9. The number of pyridine rings is 1. The van der Waals surface area contributed by atoms with Gasteiger partial charge in [0.25, 0.3) is 5.56 Å². The first-order chi connectivity index (χ1) is 11.6. The number of hydrogen-bond donors (Lipinski definition) is 2. The second kappa shape index (κ2) is 7.60. The number of nitrogens with zero attached hydrogens (tertiary/aromatic N) is 2. The number of aryl methyl sites for hydroxylation is 1. The Morgan fingerprint density at radius 1 is 1.25 bits per heavy atom. The van der Waals surface area contributed by atoms with E-state index in [1.54, 1.807) is 12.3 Å². The molecule has 1 fully saturated rings. The summed E-state index contributed by atoms with van der Waals surface area (Å²) in [4.78, 5) is 23.5. The first-order valence-electron chi connectivity index (χ1n) is 8.97. The summed E-state index contributed by atoms with van der Waals surface area (Å²) in [6, 6.07) is 5.99. The fraction of sp³-hybridized carbons (Fsp3) is 0.526. The van der Waals surface area contributed by atoms with Crippen molar-refractivity contribution in [3.05, 3.63) is 40.4 Å². The average Bonchev–Trinajstić information content (AvgIpc) is 2.79. The maximum absolute atomic E-state index is 11.7. The summed E-state index contributed by atoms with van der Waals surface area (Å²) in [5.74, 6) is 2.31. The van der Waals surface area contributed by atoms with Gasteiger partial charge in [0, 0.05) is 29.6 Å². The van der Waals surface area contributed by atoms with E-state index < -0.39 is 0 Å². The SMILES string of the molecule is CCc1cc(=O)[nH]c(-c2ccc(NC3CCCC(C)CC3)nc2)n1. The molecule has 0 radical (unpaired) electrons. The van der Waals surface area contributed by atoms with Gasteiger partial charge in [-0.25, -0.2) is 9.97 Å². The maximum atomic E-state index is 11.7. The van der Waals surface area contributed by atoms with Gasteiger partial charge < -0.3 is 10.3 Å². The van der Waals surface area contributed by atoms with Crippen molar-refractivity contribution in [3.63, 3.8) is 0 Å². The zero-order valence-electron chi connectivity index (χ0n) is 14.5. The molecule has 2 aromatic rings. The Bertz CT molecular complexity index is 723. The summed E-state index contributed by atoms with van der Waals surface area (Å²) < 4.78 is 0. The second-order valence-electron chi connectivity index (χ2n) is 6.83. The van der Waals surface area contributed by atoms with Gasteiger partial charge in [0.1, 0.15) is 11.6 Å². The highest BCUT2D eigenvalue weighted by Gasteiger charge is 2.16. The lowest BCUT2D eigenvalue weighted by molar-refractivity contribution is 0.502. The summed E-state index contributed by atoms with van der Waals surface area (Å²) in [5.41, 5.74) is 1.51. The molecule has 1 saturated carbocycles. The third-order valence-corrected chi connectivity index (χ3v) is 4.80. The average molecular weight is 326 g/mol. The normalized spacial score (nSPS) is 21.2. The molecule has 2 heterocycles. The highest BCUT2D eigenvalue weighted by atomic mass is 16.1. The van der Waals surface area contributed by atoms with Crippen LogP contribution in [0.2, 0.25) is 0 Å². The summed E-state index contributed by atoms with van der Waals surface area (Å²) in [5, 5.41) is 3.55. The van der Waals surface area contributed by atoms with Gasteiger partial charge in [-0.15, -0.1) is 0 Å². The van der Waals surface area contributed by atoms with E-state index in [9.17, 15) is 4.79 Å². The second-order valence-corrected chi connectivity index (χ2v) is 6.83. The van der Waals surface area contributed by atoms with Crippen LogP contribution in [0.1, 0.15) is 51.6 Å². The van der Waals surface area contributed by atoms with Crippen molar-refractivity contribution in [1.82, 2.24) is 15.0 Å². The van der Waals surface area contributed by atoms with Crippen molar-refractivity contribution in [1.29, 1.82) is 0 Å². The molecule has 0 spiro atoms. The third-order valence-electron chi connectivity index (χ3n) is 4.80. The first-order valence-corrected chi connectivity index (χ1v) is 8.97. The van der Waals surface area contributed by atoms with E-state index in [4.69, 9.17) is 0 Å². The number of aromatic amines is 1. The predicted octanol–water partition coefficient (Wildman–Crippen LogP) is 3.78. The minimum absolute atomic E-state index is 0.119. The Hall–Kier alpha value is -2.17. The molecule has 24 heavy (non-hydrogen) atoms. The molecule has 1 aliphatic rings. The molecular formula is C19H26N4O. The molecule has 5 nitrogen and oxygen atoms in total. The van der Waals surface area contributed by atoms with E-state index in [1.165, 1.54) is 32.1 Å². The molecule has 0 aromatic carbocycles. The lowest BCUT2D eigenvalue weighted by Crippen LogP contribution is -2.19. The van der Waals surface area contributed by atoms with Crippen LogP contribution in [0.15, 0.2) is 29.2 Å². The van der Waals surface area contributed by atoms with Crippen LogP contribution in [-0.4, -0.2) is 21.0 Å². The molecule has 3 rings (SSSR count). The van der Waals surface area contributed by atoms with Crippen LogP contribution in [0.3, 0.4) is 0 Å². The third kappa shape index (κ3) is 4.22. The van der Waals surface area contributed by atoms with Gasteiger partial charge in [-0.1, -0.05) is 26.7 Å². The molecule has 0 bridgehead atoms. The topological polar surface area (TPSA) is 70.7 Å². The van der Waals surface area contributed by atoms with Crippen molar-refractivity contribution in [2.24, 2.45) is 5.92 Å². The molecule has 5 heteroatoms. The van der Waals surface area contributed by atoms with Gasteiger partial charge >= 0.3 is 0 Å². The molecule has 2 N–H and O–H groups in total. The van der Waals surface area contributed by atoms with Crippen LogP contribution in [0, 0.1) is 5.92 Å². The quantitative estimate of drug-likeness (QED) is 0.839. The lowest BCUT2D eigenvalue weighted by atomic mass is 10.0. The standard InChI is InChI=1S/C19H26N4O/c1-3-15-11-18(24)23-19(22-15)14-8-10-17(20-12-14)21-16-6-4-5-13(2)7-9-16/h8,10-13,16H,3-7,9H2,1-2H3,(H,20,21)(H,22,23,24). The molecule has 2 atom stereocenters. The fourth-order valence-electron chi connectivity index (χ4n) is 3.29. The van der Waals surface area contributed by atoms with Gasteiger partial charge in [-0.05, 0) is 43.7 Å². The Labute approximate surface area is 143 Å². The van der Waals surface area contributed by atoms with Crippen LogP contribution >= 0.6 is 0 Å². The summed E-state index contributed by atoms with van der Waals surface area (Å²) >= 11 is 0. The van der Waals surface area contributed by atoms with Gasteiger partial charge in [-0.2, -0.15) is 0 Å². The summed E-state index contributed by atoms with van der Waals surface area (Å²) in [6.45, 7) is 4.33. The van der Waals surface area contributed by atoms with Crippen LogP contribution in [-0.2, 0) is 6.42 Å². The number of H-pyrrole nitrogens is 1. The van der Waals surface area contributed by atoms with Gasteiger partial charge in [0.15, 0.2) is 0 Å². The van der Waals surface area contributed by atoms with Gasteiger partial charge in [0.05, 0.1) is 0 Å². The molecule has 0 saturated heterocycles. The maximum Gasteiger partial charge on any atom is 0.251 e. The summed E-state index contributed by atoms with van der Waals surface area (Å²) in [6.07, 6.45) is 8.83. The number of rotatable bonds is 4. The van der Waals surface area contributed by atoms with Crippen LogP contribution in [0.4, 0.5) is 5.82 Å². The van der Waals surface area contributed by atoms with Crippen molar-refractivity contribution in [3.8, 4) is 11.4 Å². The Morgan fingerprint density at radius 2 is 2.12 bits per heavy atom. The fourth-order valence-corrected chi connectivity index (χ4v) is 3.29. The first kappa shape index (κ1) is 16.7. The van der Waals surface area contributed by atoms with Crippen molar-refractivity contribution < 1.29 is 0 Å². The number of anilines is 1. The lowest BCUT2D eigenvalue weighted by Gasteiger charge is -2.17. The Balaban J connectivity index is 1.71. The molecule has 0 amide bonds. The van der Waals surface area contributed by atoms with Crippen molar-refractivity contribution >= 4 is 5.82 Å². The molecule has 1 aliphatic carbocycles. The Kier molecular flexibility index (Phi) is 5.28. The van der Waals surface area contributed by atoms with Crippen LogP contribution in [0.5, 0.6) is 0 Å². The van der Waals surface area contributed by atoms with Crippen molar-refractivity contribution in [2.45, 2.75) is 58.4 Å². The Morgan fingerprint density at radius 3 is 2.88 bits per heavy atom. The van der Waals surface area contributed by atoms with Crippen LogP contribution < -0.4 is 10.9 Å². The van der Waals surface area contributed by atoms with Gasteiger partial charge in [-0.3, -0.25) is 4.79 Å². The molecule has 128 valence electrons. The van der Waals surface area contributed by atoms with E-state index in [2.05, 4.69) is 27.2 Å². The largest absolute Gasteiger partial charge is 0.367 e. The molecular weight excluding hydrogens is 300 g/mol. The smallest absolute Gasteiger partial charge is 0.251 e. The van der Waals surface area contributed by atoms with E-state index in [-0.39, 0.29) is 5.56 Å². The minimum Gasteiger partial charge on any atom is -0.367 e. The van der Waals surface area contributed by atoms with E-state index in [1.807, 2.05) is 19.1 Å². The number of nitrogens with one attached hydrogen (secondary N) is 2. The van der Waals surface area contributed by atoms with Gasteiger partial charge in [0.2, 0.25) is 0 Å². The predicted molar refractivity (Wildman–Crippen MR) is 97.1 cm³/mol. The molecule has 2 unspecified atom stereocenters. The van der Waals surface area contributed by atoms with E-state index in [0.717, 1.165) is 29.4 Å². The summed E-state index contributed by atoms with van der Waals surface area (Å²) in [7, 11) is 0. The van der Waals surface area contributed by atoms with E-state index >= 15 is 0 Å². The molecule has 2 aromatic heterocycles. The molecule has 0 aliphatic heterocycles. The van der Waals surface area contributed by atoms with Crippen LogP contribution in [0.25, 0.3) is 11.4 Å². The van der Waals surface area contributed by atoms with Crippen molar-refractivity contribution in [2.75, 3.05) is 5.32 Å². The number of hydrogen-bond acceptors (Lipinski definition) is 4.